The van der Waals surface area contributed by atoms with E-state index in [-0.39, 0.29) is 11.8 Å². The van der Waals surface area contributed by atoms with E-state index in [0.717, 1.165) is 6.42 Å². The van der Waals surface area contributed by atoms with Crippen molar-refractivity contribution in [3.63, 3.8) is 0 Å². The molecule has 0 aliphatic heterocycles. The molecule has 0 aliphatic carbocycles. The summed E-state index contributed by atoms with van der Waals surface area (Å²) in [5.74, 6) is 0.845. The van der Waals surface area contributed by atoms with E-state index in [9.17, 15) is 8.42 Å². The van der Waals surface area contributed by atoms with Crippen LogP contribution in [0.3, 0.4) is 0 Å². The summed E-state index contributed by atoms with van der Waals surface area (Å²) in [6.07, 6.45) is 2.37. The molecule has 0 aromatic heterocycles. The third-order valence-corrected chi connectivity index (χ3v) is 3.98. The molecule has 0 spiro atoms. The molecule has 4 heteroatoms. The molecule has 1 rings (SSSR count). The fraction of sp³-hybridized carbons (Fsp3) is 0.600. The van der Waals surface area contributed by atoms with Gasteiger partial charge in [0.1, 0.15) is 9.84 Å². The predicted molar refractivity (Wildman–Crippen MR) is 81.0 cm³/mol. The number of sulfone groups is 1. The normalized spacial score (nSPS) is 13.7. The van der Waals surface area contributed by atoms with Crippen molar-refractivity contribution in [2.75, 3.05) is 12.0 Å². The van der Waals surface area contributed by atoms with Crippen LogP contribution in [-0.2, 0) is 22.8 Å². The van der Waals surface area contributed by atoms with Crippen LogP contribution >= 0.6 is 0 Å². The van der Waals surface area contributed by atoms with Crippen LogP contribution < -0.4 is 5.32 Å². The van der Waals surface area contributed by atoms with E-state index in [1.807, 2.05) is 6.92 Å². The Bertz CT molecular complexity index is 477. The highest BCUT2D eigenvalue weighted by atomic mass is 32.2. The SMILES string of the molecule is CC(C)Cc1ccc(CNC(C)CS(C)(=O)=O)cc1. The number of nitrogens with one attached hydrogen (secondary N) is 1. The molecule has 1 aromatic rings. The van der Waals surface area contributed by atoms with Gasteiger partial charge in [0.05, 0.1) is 5.75 Å². The zero-order chi connectivity index (χ0) is 14.5. The third kappa shape index (κ3) is 7.33. The summed E-state index contributed by atoms with van der Waals surface area (Å²) in [5, 5.41) is 3.24. The Hall–Kier alpha value is -0.870. The van der Waals surface area contributed by atoms with Gasteiger partial charge in [-0.1, -0.05) is 38.1 Å². The van der Waals surface area contributed by atoms with E-state index < -0.39 is 9.84 Å². The van der Waals surface area contributed by atoms with Crippen molar-refractivity contribution >= 4 is 9.84 Å². The minimum Gasteiger partial charge on any atom is -0.309 e. The highest BCUT2D eigenvalue weighted by Crippen LogP contribution is 2.09. The van der Waals surface area contributed by atoms with Gasteiger partial charge in [-0.3, -0.25) is 0 Å². The van der Waals surface area contributed by atoms with E-state index >= 15 is 0 Å². The van der Waals surface area contributed by atoms with Gasteiger partial charge in [0, 0.05) is 18.8 Å². The Morgan fingerprint density at radius 1 is 1.05 bits per heavy atom. The summed E-state index contributed by atoms with van der Waals surface area (Å²) in [6, 6.07) is 8.50. The molecule has 0 saturated carbocycles. The minimum atomic E-state index is -2.91. The Kier molecular flexibility index (Phi) is 6.01. The van der Waals surface area contributed by atoms with Crippen molar-refractivity contribution in [3.05, 3.63) is 35.4 Å². The Morgan fingerprint density at radius 3 is 2.05 bits per heavy atom. The molecule has 0 bridgehead atoms. The third-order valence-electron chi connectivity index (χ3n) is 2.87. The molecule has 0 amide bonds. The number of benzene rings is 1. The van der Waals surface area contributed by atoms with Crippen LogP contribution in [0, 0.1) is 5.92 Å². The first-order valence-electron chi connectivity index (χ1n) is 6.75. The van der Waals surface area contributed by atoms with Crippen molar-refractivity contribution in [1.29, 1.82) is 0 Å². The maximum atomic E-state index is 11.2. The van der Waals surface area contributed by atoms with Crippen LogP contribution in [0.5, 0.6) is 0 Å². The van der Waals surface area contributed by atoms with Crippen LogP contribution in [0.2, 0.25) is 0 Å². The van der Waals surface area contributed by atoms with Gasteiger partial charge in [-0.2, -0.15) is 0 Å². The van der Waals surface area contributed by atoms with Crippen molar-refractivity contribution in [3.8, 4) is 0 Å². The van der Waals surface area contributed by atoms with Gasteiger partial charge in [-0.15, -0.1) is 0 Å². The van der Waals surface area contributed by atoms with E-state index in [1.165, 1.54) is 17.4 Å². The first kappa shape index (κ1) is 16.2. The van der Waals surface area contributed by atoms with E-state index in [2.05, 4.69) is 43.4 Å². The molecule has 0 aliphatic rings. The summed E-state index contributed by atoms with van der Waals surface area (Å²) in [6.45, 7) is 7.03. The molecule has 0 saturated heterocycles. The van der Waals surface area contributed by atoms with Crippen LogP contribution in [0.1, 0.15) is 31.9 Å². The topological polar surface area (TPSA) is 46.2 Å². The molecule has 1 atom stereocenters. The average Bonchev–Trinajstić information content (AvgIpc) is 2.25. The van der Waals surface area contributed by atoms with Crippen LogP contribution in [0.15, 0.2) is 24.3 Å². The zero-order valence-electron chi connectivity index (χ0n) is 12.3. The summed E-state index contributed by atoms with van der Waals surface area (Å²) in [7, 11) is -2.91. The summed E-state index contributed by atoms with van der Waals surface area (Å²) >= 11 is 0. The van der Waals surface area contributed by atoms with E-state index in [1.54, 1.807) is 0 Å². The standard InChI is InChI=1S/C15H25NO2S/c1-12(2)9-14-5-7-15(8-6-14)10-16-13(3)11-19(4,17)18/h5-8,12-13,16H,9-11H2,1-4H3. The molecule has 1 N–H and O–H groups in total. The van der Waals surface area contributed by atoms with Crippen molar-refractivity contribution < 1.29 is 8.42 Å². The van der Waals surface area contributed by atoms with Gasteiger partial charge < -0.3 is 5.32 Å². The maximum absolute atomic E-state index is 11.2. The number of rotatable bonds is 7. The van der Waals surface area contributed by atoms with Gasteiger partial charge in [-0.25, -0.2) is 8.42 Å². The van der Waals surface area contributed by atoms with Crippen LogP contribution in [0.25, 0.3) is 0 Å². The maximum Gasteiger partial charge on any atom is 0.148 e. The molecule has 3 nitrogen and oxygen atoms in total. The zero-order valence-corrected chi connectivity index (χ0v) is 13.1. The lowest BCUT2D eigenvalue weighted by molar-refractivity contribution is 0.560. The highest BCUT2D eigenvalue weighted by molar-refractivity contribution is 7.90. The minimum absolute atomic E-state index is 0.0228. The predicted octanol–water partition coefficient (Wildman–Crippen LogP) is 2.41. The lowest BCUT2D eigenvalue weighted by Crippen LogP contribution is -2.32. The molecular formula is C15H25NO2S. The lowest BCUT2D eigenvalue weighted by Gasteiger charge is -2.13. The first-order valence-corrected chi connectivity index (χ1v) is 8.81. The van der Waals surface area contributed by atoms with Gasteiger partial charge in [0.25, 0.3) is 0 Å². The summed E-state index contributed by atoms with van der Waals surface area (Å²) < 4.78 is 22.3. The molecule has 19 heavy (non-hydrogen) atoms. The Labute approximate surface area is 117 Å². The quantitative estimate of drug-likeness (QED) is 0.836. The fourth-order valence-electron chi connectivity index (χ4n) is 2.07. The Balaban J connectivity index is 2.45. The fourth-order valence-corrected chi connectivity index (χ4v) is 3.10. The van der Waals surface area contributed by atoms with Crippen molar-refractivity contribution in [1.82, 2.24) is 5.32 Å². The average molecular weight is 283 g/mol. The summed E-state index contributed by atoms with van der Waals surface area (Å²) in [5.41, 5.74) is 2.54. The van der Waals surface area contributed by atoms with Crippen molar-refractivity contribution in [2.24, 2.45) is 5.92 Å². The molecule has 0 fully saturated rings. The largest absolute Gasteiger partial charge is 0.309 e. The molecule has 1 aromatic carbocycles. The van der Waals surface area contributed by atoms with Gasteiger partial charge >= 0.3 is 0 Å². The molecule has 0 radical (unpaired) electrons. The first-order chi connectivity index (χ1) is 8.76. The summed E-state index contributed by atoms with van der Waals surface area (Å²) in [4.78, 5) is 0. The van der Waals surface area contributed by atoms with Crippen LogP contribution in [0.4, 0.5) is 0 Å². The van der Waals surface area contributed by atoms with Gasteiger partial charge in [0.2, 0.25) is 0 Å². The highest BCUT2D eigenvalue weighted by Gasteiger charge is 2.09. The number of hydrogen-bond acceptors (Lipinski definition) is 3. The lowest BCUT2D eigenvalue weighted by atomic mass is 10.0. The van der Waals surface area contributed by atoms with E-state index in [4.69, 9.17) is 0 Å². The van der Waals surface area contributed by atoms with Crippen molar-refractivity contribution in [2.45, 2.75) is 39.8 Å². The van der Waals surface area contributed by atoms with Gasteiger partial charge in [-0.05, 0) is 30.4 Å². The monoisotopic (exact) mass is 283 g/mol. The molecule has 0 heterocycles. The second kappa shape index (κ2) is 7.06. The smallest absolute Gasteiger partial charge is 0.148 e. The molecule has 1 unspecified atom stereocenters. The molecule has 108 valence electrons. The second-order valence-corrected chi connectivity index (χ2v) is 7.97. The van der Waals surface area contributed by atoms with Crippen LogP contribution in [-0.4, -0.2) is 26.5 Å². The number of hydrogen-bond donors (Lipinski definition) is 1. The van der Waals surface area contributed by atoms with E-state index in [0.29, 0.717) is 12.5 Å². The Morgan fingerprint density at radius 2 is 1.58 bits per heavy atom. The molecular weight excluding hydrogens is 258 g/mol. The van der Waals surface area contributed by atoms with Gasteiger partial charge in [0.15, 0.2) is 0 Å². The second-order valence-electron chi connectivity index (χ2n) is 5.79.